The summed E-state index contributed by atoms with van der Waals surface area (Å²) in [7, 11) is 3.30. The van der Waals surface area contributed by atoms with Crippen molar-refractivity contribution in [1.82, 2.24) is 15.4 Å². The second kappa shape index (κ2) is 13.0. The molecule has 6 heteroatoms. The van der Waals surface area contributed by atoms with Crippen molar-refractivity contribution >= 4 is 45.2 Å². The van der Waals surface area contributed by atoms with E-state index in [1.807, 2.05) is 0 Å². The molecule has 0 saturated carbocycles. The normalized spacial score (nSPS) is 14.1. The highest BCUT2D eigenvalue weighted by Gasteiger charge is 2.37. The standard InChI is InChI=1S/C51H30N4S2/c1-3-15-30(16-4-1)34-21-11-13-25-38(34)47-49(39-26-14-12-22-35(39)31-17-5-2-6-18-31)52-55-53-50(47)51-48-43(56-57-54-51)29-41-40-27-32-19-7-9-23-36(32)44(40)42-28-33-20-8-10-24-37(33)45(42)46(41)48/h1-28H,29H2. The van der Waals surface area contributed by atoms with Crippen molar-refractivity contribution in [2.75, 3.05) is 0 Å². The van der Waals surface area contributed by atoms with Crippen LogP contribution in [0.25, 0.3) is 73.5 Å². The third kappa shape index (κ3) is 4.97. The molecule has 0 bridgehead atoms. The van der Waals surface area contributed by atoms with Crippen molar-refractivity contribution < 1.29 is 0 Å². The molecule has 0 saturated heterocycles. The highest BCUT2D eigenvalue weighted by Crippen LogP contribution is 2.52. The lowest BCUT2D eigenvalue weighted by Gasteiger charge is -2.21. The van der Waals surface area contributed by atoms with Gasteiger partial charge in [-0.15, -0.1) is 10.2 Å². The highest BCUT2D eigenvalue weighted by atomic mass is 33.1. The first-order valence-corrected chi connectivity index (χ1v) is 21.2. The van der Waals surface area contributed by atoms with Crippen molar-refractivity contribution in [1.29, 1.82) is 0 Å². The minimum Gasteiger partial charge on any atom is -0.202 e. The minimum absolute atomic E-state index is 0.733. The Kier molecular flexibility index (Phi) is 7.43. The van der Waals surface area contributed by atoms with E-state index in [1.54, 1.807) is 10.8 Å². The van der Waals surface area contributed by atoms with Gasteiger partial charge in [0.05, 0.1) is 0 Å². The average molecular weight is 763 g/mol. The SMILES string of the molecule is C1=c2c3c(c4c(c2-c2ccccc21)C=c1ccccc1=4)C1=C(C3)SSN=C1c1nnnc(-c2ccccc2-c2ccccc2)c1-c1ccccc1-c1ccccc1. The van der Waals surface area contributed by atoms with Crippen LogP contribution >= 0.6 is 21.8 Å². The molecule has 0 unspecified atom stereocenters. The van der Waals surface area contributed by atoms with E-state index < -0.39 is 0 Å². The summed E-state index contributed by atoms with van der Waals surface area (Å²) in [6.45, 7) is 0. The van der Waals surface area contributed by atoms with Crippen LogP contribution in [0.15, 0.2) is 167 Å². The zero-order valence-corrected chi connectivity index (χ0v) is 32.1. The molecule has 0 spiro atoms. The summed E-state index contributed by atoms with van der Waals surface area (Å²) in [6, 6.07) is 55.9. The molecular formula is C51H30N4S2. The van der Waals surface area contributed by atoms with Crippen LogP contribution in [0.2, 0.25) is 0 Å². The van der Waals surface area contributed by atoms with Crippen LogP contribution in [0, 0.1) is 10.4 Å². The molecule has 12 rings (SSSR count). The van der Waals surface area contributed by atoms with Gasteiger partial charge >= 0.3 is 0 Å². The van der Waals surface area contributed by atoms with Crippen molar-refractivity contribution in [2.24, 2.45) is 4.40 Å². The molecule has 0 radical (unpaired) electrons. The molecule has 4 aliphatic rings. The van der Waals surface area contributed by atoms with E-state index in [1.165, 1.54) is 70.1 Å². The van der Waals surface area contributed by atoms with E-state index in [2.05, 4.69) is 175 Å². The van der Waals surface area contributed by atoms with E-state index in [4.69, 9.17) is 14.6 Å². The van der Waals surface area contributed by atoms with Crippen LogP contribution in [0.3, 0.4) is 0 Å². The van der Waals surface area contributed by atoms with Crippen LogP contribution in [0.4, 0.5) is 0 Å². The lowest BCUT2D eigenvalue weighted by atomic mass is 9.85. The van der Waals surface area contributed by atoms with E-state index in [9.17, 15) is 0 Å². The predicted molar refractivity (Wildman–Crippen MR) is 236 cm³/mol. The van der Waals surface area contributed by atoms with Crippen molar-refractivity contribution in [2.45, 2.75) is 6.42 Å². The fraction of sp³-hybridized carbons (Fsp3) is 0.0196. The van der Waals surface area contributed by atoms with Crippen LogP contribution in [0.5, 0.6) is 0 Å². The van der Waals surface area contributed by atoms with Gasteiger partial charge in [-0.1, -0.05) is 158 Å². The van der Waals surface area contributed by atoms with Crippen molar-refractivity contribution in [3.05, 3.63) is 211 Å². The smallest absolute Gasteiger partial charge is 0.125 e. The zero-order chi connectivity index (χ0) is 37.5. The maximum atomic E-state index is 5.35. The Morgan fingerprint density at radius 1 is 0.491 bits per heavy atom. The highest BCUT2D eigenvalue weighted by molar-refractivity contribution is 8.77. The van der Waals surface area contributed by atoms with Gasteiger partial charge in [-0.2, -0.15) is 0 Å². The van der Waals surface area contributed by atoms with Crippen LogP contribution in [0.1, 0.15) is 27.9 Å². The fourth-order valence-electron chi connectivity index (χ4n) is 9.27. The molecular weight excluding hydrogens is 733 g/mol. The molecule has 4 nitrogen and oxygen atoms in total. The monoisotopic (exact) mass is 762 g/mol. The summed E-state index contributed by atoms with van der Waals surface area (Å²) < 4.78 is 5.35. The van der Waals surface area contributed by atoms with Gasteiger partial charge in [0, 0.05) is 39.0 Å². The van der Waals surface area contributed by atoms with E-state index in [0.29, 0.717) is 0 Å². The van der Waals surface area contributed by atoms with Gasteiger partial charge in [0.1, 0.15) is 17.1 Å². The Hall–Kier alpha value is -6.60. The molecule has 0 amide bonds. The van der Waals surface area contributed by atoms with Gasteiger partial charge in [-0.25, -0.2) is 4.40 Å². The van der Waals surface area contributed by atoms with E-state index in [-0.39, 0.29) is 0 Å². The zero-order valence-electron chi connectivity index (χ0n) is 30.5. The van der Waals surface area contributed by atoms with Gasteiger partial charge < -0.3 is 0 Å². The molecule has 3 aliphatic carbocycles. The molecule has 2 heterocycles. The molecule has 266 valence electrons. The predicted octanol–water partition coefficient (Wildman–Crippen LogP) is 10.8. The second-order valence-corrected chi connectivity index (χ2v) is 16.6. The third-order valence-electron chi connectivity index (χ3n) is 11.6. The van der Waals surface area contributed by atoms with Gasteiger partial charge in [-0.3, -0.25) is 0 Å². The first kappa shape index (κ1) is 32.6. The first-order chi connectivity index (χ1) is 28.3. The van der Waals surface area contributed by atoms with E-state index in [0.717, 1.165) is 68.0 Å². The number of hydrogen-bond acceptors (Lipinski definition) is 6. The Balaban J connectivity index is 1.17. The number of hydrogen-bond donors (Lipinski definition) is 0. The largest absolute Gasteiger partial charge is 0.202 e. The van der Waals surface area contributed by atoms with Gasteiger partial charge in [0.25, 0.3) is 0 Å². The maximum Gasteiger partial charge on any atom is 0.125 e. The molecule has 7 aromatic carbocycles. The summed E-state index contributed by atoms with van der Waals surface area (Å²) >= 11 is 0. The number of nitrogens with zero attached hydrogens (tertiary/aromatic N) is 4. The van der Waals surface area contributed by atoms with Crippen molar-refractivity contribution in [3.63, 3.8) is 0 Å². The van der Waals surface area contributed by atoms with Gasteiger partial charge in [0.2, 0.25) is 0 Å². The van der Waals surface area contributed by atoms with Crippen LogP contribution in [-0.4, -0.2) is 21.1 Å². The molecule has 0 fully saturated rings. The maximum absolute atomic E-state index is 5.35. The topological polar surface area (TPSA) is 51.0 Å². The number of aromatic nitrogens is 3. The average Bonchev–Trinajstić information content (AvgIpc) is 3.98. The van der Waals surface area contributed by atoms with Gasteiger partial charge in [-0.05, 0) is 110 Å². The number of benzene rings is 7. The van der Waals surface area contributed by atoms with Gasteiger partial charge in [0.15, 0.2) is 0 Å². The number of fused-ring (bicyclic) bond motifs is 10. The summed E-state index contributed by atoms with van der Waals surface area (Å²) in [5, 5.41) is 19.7. The lowest BCUT2D eigenvalue weighted by Crippen LogP contribution is -2.16. The Labute approximate surface area is 337 Å². The lowest BCUT2D eigenvalue weighted by molar-refractivity contribution is 0.867. The molecule has 1 aromatic heterocycles. The summed E-state index contributed by atoms with van der Waals surface area (Å²) in [6.07, 6.45) is 5.63. The summed E-state index contributed by atoms with van der Waals surface area (Å²) in [4.78, 5) is 1.30. The summed E-state index contributed by atoms with van der Waals surface area (Å²) in [5.41, 5.74) is 18.7. The Morgan fingerprint density at radius 3 is 1.88 bits per heavy atom. The van der Waals surface area contributed by atoms with Crippen molar-refractivity contribution in [3.8, 4) is 55.8 Å². The molecule has 0 N–H and O–H groups in total. The van der Waals surface area contributed by atoms with Crippen LogP contribution in [-0.2, 0) is 6.42 Å². The van der Waals surface area contributed by atoms with Crippen LogP contribution < -0.4 is 10.4 Å². The molecule has 0 atom stereocenters. The molecule has 57 heavy (non-hydrogen) atoms. The number of allylic oxidation sites excluding steroid dienone is 2. The summed E-state index contributed by atoms with van der Waals surface area (Å²) in [5.74, 6) is 0. The first-order valence-electron chi connectivity index (χ1n) is 19.1. The second-order valence-electron chi connectivity index (χ2n) is 14.7. The number of rotatable bonds is 5. The third-order valence-corrected chi connectivity index (χ3v) is 13.6. The quantitative estimate of drug-likeness (QED) is 0.129. The van der Waals surface area contributed by atoms with E-state index >= 15 is 0 Å². The Bertz CT molecular complexity index is 3320. The fourth-order valence-corrected chi connectivity index (χ4v) is 11.2. The molecule has 1 aliphatic heterocycles. The minimum atomic E-state index is 0.733. The molecule has 8 aromatic rings. The Morgan fingerprint density at radius 2 is 1.11 bits per heavy atom.